The van der Waals surface area contributed by atoms with Crippen molar-refractivity contribution < 1.29 is 19.7 Å². The van der Waals surface area contributed by atoms with Crippen molar-refractivity contribution in [1.29, 1.82) is 0 Å². The minimum atomic E-state index is -0.363. The second-order valence-electron chi connectivity index (χ2n) is 10.3. The average molecular weight is 501 g/mol. The summed E-state index contributed by atoms with van der Waals surface area (Å²) in [5.74, 6) is 1.95. The molecule has 0 bridgehead atoms. The van der Waals surface area contributed by atoms with Crippen molar-refractivity contribution in [3.63, 3.8) is 0 Å². The van der Waals surface area contributed by atoms with Gasteiger partial charge < -0.3 is 24.6 Å². The molecule has 194 valence electrons. The largest absolute Gasteiger partial charge is 0.508 e. The molecule has 3 aromatic rings. The molecule has 0 radical (unpaired) electrons. The predicted molar refractivity (Wildman–Crippen MR) is 147 cm³/mol. The second kappa shape index (κ2) is 10.5. The van der Waals surface area contributed by atoms with Gasteiger partial charge in [0.1, 0.15) is 35.7 Å². The van der Waals surface area contributed by atoms with Crippen LogP contribution in [0, 0.1) is 0 Å². The maximum absolute atomic E-state index is 10.2. The van der Waals surface area contributed by atoms with Gasteiger partial charge in [-0.25, -0.2) is 0 Å². The molecule has 1 saturated heterocycles. The van der Waals surface area contributed by atoms with Gasteiger partial charge in [-0.2, -0.15) is 0 Å². The van der Waals surface area contributed by atoms with Crippen molar-refractivity contribution in [3.8, 4) is 23.0 Å². The Morgan fingerprint density at radius 2 is 1.76 bits per heavy atom. The molecule has 0 saturated carbocycles. The van der Waals surface area contributed by atoms with Crippen LogP contribution >= 0.6 is 0 Å². The van der Waals surface area contributed by atoms with E-state index in [-0.39, 0.29) is 17.6 Å². The van der Waals surface area contributed by atoms with Crippen molar-refractivity contribution in [1.82, 2.24) is 9.80 Å². The van der Waals surface area contributed by atoms with Gasteiger partial charge in [-0.3, -0.25) is 4.90 Å². The molecule has 3 atom stereocenters. The fourth-order valence-corrected chi connectivity index (χ4v) is 5.58. The average Bonchev–Trinajstić information content (AvgIpc) is 2.88. The lowest BCUT2D eigenvalue weighted by molar-refractivity contribution is 0.0474. The van der Waals surface area contributed by atoms with E-state index in [2.05, 4.69) is 30.7 Å². The number of piperazine rings is 1. The maximum Gasteiger partial charge on any atom is 0.150 e. The molecule has 3 aromatic carbocycles. The summed E-state index contributed by atoms with van der Waals surface area (Å²) >= 11 is 0. The van der Waals surface area contributed by atoms with Gasteiger partial charge in [0.05, 0.1) is 0 Å². The van der Waals surface area contributed by atoms with Gasteiger partial charge in [-0.05, 0) is 87.0 Å². The first-order valence-electron chi connectivity index (χ1n) is 13.0. The van der Waals surface area contributed by atoms with E-state index in [0.717, 1.165) is 59.0 Å². The number of fused-ring (bicyclic) bond motifs is 1. The summed E-state index contributed by atoms with van der Waals surface area (Å²) in [4.78, 5) is 4.90. The standard InChI is InChI=1S/C31H36N2O4/c1-20-18-32(4)14-15-33(20)21(2)19-36-27-11-8-23(9-12-27)31-30(24-6-5-7-25(34)16-24)22(3)28-17-26(35)10-13-29(28)37-31/h5-13,16-17,20-21,31,34-35H,14-15,18-19H2,1-4H3. The first-order chi connectivity index (χ1) is 17.8. The number of likely N-dealkylation sites (N-methyl/N-ethyl adjacent to an activating group) is 1. The van der Waals surface area contributed by atoms with Gasteiger partial charge in [-0.15, -0.1) is 0 Å². The fraction of sp³-hybridized carbons (Fsp3) is 0.355. The molecule has 1 fully saturated rings. The van der Waals surface area contributed by atoms with E-state index < -0.39 is 0 Å². The Balaban J connectivity index is 1.37. The molecule has 2 aliphatic heterocycles. The molecule has 3 unspecified atom stereocenters. The lowest BCUT2D eigenvalue weighted by atomic mass is 9.86. The zero-order valence-corrected chi connectivity index (χ0v) is 22.0. The maximum atomic E-state index is 10.2. The number of phenolic OH excluding ortho intramolecular Hbond substituents is 2. The van der Waals surface area contributed by atoms with Crippen LogP contribution in [0.2, 0.25) is 0 Å². The highest BCUT2D eigenvalue weighted by molar-refractivity contribution is 5.95. The van der Waals surface area contributed by atoms with E-state index in [1.54, 1.807) is 30.3 Å². The fourth-order valence-electron chi connectivity index (χ4n) is 5.58. The lowest BCUT2D eigenvalue weighted by Gasteiger charge is -2.41. The number of hydrogen-bond acceptors (Lipinski definition) is 6. The molecule has 6 heteroatoms. The molecule has 2 N–H and O–H groups in total. The second-order valence-corrected chi connectivity index (χ2v) is 10.3. The van der Waals surface area contributed by atoms with Crippen LogP contribution in [0.4, 0.5) is 0 Å². The van der Waals surface area contributed by atoms with E-state index in [0.29, 0.717) is 18.7 Å². The van der Waals surface area contributed by atoms with Gasteiger partial charge in [0.25, 0.3) is 0 Å². The molecule has 5 rings (SSSR count). The highest BCUT2D eigenvalue weighted by Crippen LogP contribution is 2.47. The molecule has 2 heterocycles. The summed E-state index contributed by atoms with van der Waals surface area (Å²) in [5.41, 5.74) is 4.68. The summed E-state index contributed by atoms with van der Waals surface area (Å²) < 4.78 is 12.7. The molecule has 0 aromatic heterocycles. The molecule has 6 nitrogen and oxygen atoms in total. The summed E-state index contributed by atoms with van der Waals surface area (Å²) in [6.45, 7) is 10.4. The van der Waals surface area contributed by atoms with E-state index in [9.17, 15) is 10.2 Å². The van der Waals surface area contributed by atoms with Gasteiger partial charge in [-0.1, -0.05) is 24.3 Å². The van der Waals surface area contributed by atoms with Crippen molar-refractivity contribution >= 4 is 11.1 Å². The number of allylic oxidation sites excluding steroid dienone is 1. The summed E-state index contributed by atoms with van der Waals surface area (Å²) in [6, 6.07) is 21.3. The first-order valence-corrected chi connectivity index (χ1v) is 13.0. The smallest absolute Gasteiger partial charge is 0.150 e. The highest BCUT2D eigenvalue weighted by atomic mass is 16.5. The molecule has 0 spiro atoms. The number of hydrogen-bond donors (Lipinski definition) is 2. The minimum absolute atomic E-state index is 0.192. The van der Waals surface area contributed by atoms with E-state index in [4.69, 9.17) is 9.47 Å². The number of phenols is 2. The van der Waals surface area contributed by atoms with Crippen LogP contribution < -0.4 is 9.47 Å². The van der Waals surface area contributed by atoms with Crippen LogP contribution in [0.15, 0.2) is 66.7 Å². The van der Waals surface area contributed by atoms with E-state index >= 15 is 0 Å². The van der Waals surface area contributed by atoms with Gasteiger partial charge >= 0.3 is 0 Å². The topological polar surface area (TPSA) is 65.4 Å². The third-order valence-corrected chi connectivity index (χ3v) is 7.56. The highest BCUT2D eigenvalue weighted by Gasteiger charge is 2.30. The molecule has 0 aliphatic carbocycles. The lowest BCUT2D eigenvalue weighted by Crippen LogP contribution is -2.54. The Morgan fingerprint density at radius 1 is 1.00 bits per heavy atom. The summed E-state index contributed by atoms with van der Waals surface area (Å²) in [6.07, 6.45) is -0.363. The summed E-state index contributed by atoms with van der Waals surface area (Å²) in [7, 11) is 2.18. The molecular formula is C31H36N2O4. The Bertz CT molecular complexity index is 1290. The van der Waals surface area contributed by atoms with Crippen molar-refractivity contribution in [3.05, 3.63) is 83.4 Å². The molecule has 2 aliphatic rings. The Hall–Kier alpha value is -3.48. The third kappa shape index (κ3) is 5.31. The number of aromatic hydroxyl groups is 2. The van der Waals surface area contributed by atoms with Gasteiger partial charge in [0.15, 0.2) is 0 Å². The number of benzene rings is 3. The van der Waals surface area contributed by atoms with E-state index in [1.165, 1.54) is 0 Å². The van der Waals surface area contributed by atoms with E-state index in [1.807, 2.05) is 43.3 Å². The Labute approximate surface area is 219 Å². The number of rotatable bonds is 6. The molecular weight excluding hydrogens is 464 g/mol. The molecule has 37 heavy (non-hydrogen) atoms. The molecule has 0 amide bonds. The van der Waals surface area contributed by atoms with Crippen LogP contribution in [0.5, 0.6) is 23.0 Å². The Morgan fingerprint density at radius 3 is 2.49 bits per heavy atom. The van der Waals surface area contributed by atoms with Crippen LogP contribution in [0.25, 0.3) is 11.1 Å². The SMILES string of the molecule is CC1=C(c2cccc(O)c2)C(c2ccc(OCC(C)N3CCN(C)CC3C)cc2)Oc2ccc(O)cc21. The predicted octanol–water partition coefficient (Wildman–Crippen LogP) is 5.57. The Kier molecular flexibility index (Phi) is 7.13. The third-order valence-electron chi connectivity index (χ3n) is 7.56. The van der Waals surface area contributed by atoms with Crippen molar-refractivity contribution in [2.45, 2.75) is 39.0 Å². The minimum Gasteiger partial charge on any atom is -0.508 e. The normalized spacial score (nSPS) is 21.3. The summed E-state index contributed by atoms with van der Waals surface area (Å²) in [5, 5.41) is 20.2. The number of nitrogens with zero attached hydrogens (tertiary/aromatic N) is 2. The van der Waals surface area contributed by atoms with Crippen molar-refractivity contribution in [2.75, 3.05) is 33.3 Å². The van der Waals surface area contributed by atoms with Crippen LogP contribution in [0.1, 0.15) is 43.6 Å². The zero-order valence-electron chi connectivity index (χ0n) is 22.0. The van der Waals surface area contributed by atoms with Gasteiger partial charge in [0.2, 0.25) is 0 Å². The van der Waals surface area contributed by atoms with Crippen molar-refractivity contribution in [2.24, 2.45) is 0 Å². The van der Waals surface area contributed by atoms with Crippen LogP contribution in [-0.2, 0) is 0 Å². The monoisotopic (exact) mass is 500 g/mol. The van der Waals surface area contributed by atoms with Crippen LogP contribution in [0.3, 0.4) is 0 Å². The zero-order chi connectivity index (χ0) is 26.1. The van der Waals surface area contributed by atoms with Crippen LogP contribution in [-0.4, -0.2) is 65.4 Å². The van der Waals surface area contributed by atoms with Gasteiger partial charge in [0, 0.05) is 42.9 Å². The first kappa shape index (κ1) is 25.2. The number of ether oxygens (including phenoxy) is 2. The quantitative estimate of drug-likeness (QED) is 0.462.